The summed E-state index contributed by atoms with van der Waals surface area (Å²) in [5, 5.41) is 36.6. The van der Waals surface area contributed by atoms with Crippen LogP contribution in [0.3, 0.4) is 0 Å². The smallest absolute Gasteiger partial charge is 0.281 e. The molecule has 5 atom stereocenters. The van der Waals surface area contributed by atoms with E-state index >= 15 is 0 Å². The first-order chi connectivity index (χ1) is 16.3. The van der Waals surface area contributed by atoms with E-state index < -0.39 is 43.2 Å². The molecule has 180 valence electrons. The number of hydrogen-bond donors (Lipinski definition) is 4. The van der Waals surface area contributed by atoms with Crippen molar-refractivity contribution in [3.63, 3.8) is 0 Å². The average molecular weight is 469 g/mol. The van der Waals surface area contributed by atoms with Gasteiger partial charge in [-0.1, -0.05) is 47.1 Å². The van der Waals surface area contributed by atoms with E-state index in [1.807, 2.05) is 55.5 Å². The molecular formula is C24H27N3O7. The maximum absolute atomic E-state index is 13.3. The summed E-state index contributed by atoms with van der Waals surface area (Å²) in [7, 11) is 0. The maximum Gasteiger partial charge on any atom is 0.281 e. The molecule has 0 spiro atoms. The molecule has 1 fully saturated rings. The lowest BCUT2D eigenvalue weighted by Crippen LogP contribution is -2.64. The first-order valence-electron chi connectivity index (χ1n) is 10.9. The molecule has 34 heavy (non-hydrogen) atoms. The fourth-order valence-electron chi connectivity index (χ4n) is 4.10. The van der Waals surface area contributed by atoms with Crippen molar-refractivity contribution in [2.45, 2.75) is 51.0 Å². The van der Waals surface area contributed by atoms with E-state index in [0.29, 0.717) is 17.8 Å². The first kappa shape index (κ1) is 23.8. The number of aliphatic hydroxyl groups is 3. The van der Waals surface area contributed by atoms with Gasteiger partial charge in [0.1, 0.15) is 24.4 Å². The summed E-state index contributed by atoms with van der Waals surface area (Å²) in [4.78, 5) is 32.1. The molecule has 2 aliphatic heterocycles. The summed E-state index contributed by atoms with van der Waals surface area (Å²) in [6.45, 7) is 2.87. The minimum absolute atomic E-state index is 0.0426. The number of benzene rings is 2. The number of carbonyl (C=O) groups is 2. The number of fused-ring (bicyclic) bond motifs is 1. The Hall–Kier alpha value is -3.31. The summed E-state index contributed by atoms with van der Waals surface area (Å²) in [5.41, 5.74) is 3.15. The molecule has 2 aromatic carbocycles. The molecule has 0 aliphatic carbocycles. The summed E-state index contributed by atoms with van der Waals surface area (Å²) in [6.07, 6.45) is -5.44. The normalized spacial score (nSPS) is 27.6. The third kappa shape index (κ3) is 4.66. The number of oxime groups is 1. The molecule has 2 amide bonds. The number of ether oxygens (including phenoxy) is 1. The van der Waals surface area contributed by atoms with Gasteiger partial charge in [0, 0.05) is 12.5 Å². The van der Waals surface area contributed by atoms with Crippen molar-refractivity contribution in [1.82, 2.24) is 5.32 Å². The third-order valence-electron chi connectivity index (χ3n) is 5.83. The van der Waals surface area contributed by atoms with E-state index in [9.17, 15) is 24.9 Å². The Labute approximate surface area is 196 Å². The molecular weight excluding hydrogens is 442 g/mol. The summed E-state index contributed by atoms with van der Waals surface area (Å²) < 4.78 is 5.53. The van der Waals surface area contributed by atoms with Crippen molar-refractivity contribution < 1.29 is 34.5 Å². The second-order valence-corrected chi connectivity index (χ2v) is 8.38. The van der Waals surface area contributed by atoms with Gasteiger partial charge < -0.3 is 35.1 Å². The number of amides is 2. The van der Waals surface area contributed by atoms with Crippen LogP contribution in [0.5, 0.6) is 0 Å². The van der Waals surface area contributed by atoms with Gasteiger partial charge in [0.15, 0.2) is 5.71 Å². The molecule has 0 aromatic heterocycles. The number of anilines is 1. The van der Waals surface area contributed by atoms with Gasteiger partial charge in [-0.3, -0.25) is 9.59 Å². The minimum Gasteiger partial charge on any atom is -0.394 e. The summed E-state index contributed by atoms with van der Waals surface area (Å²) in [5.74, 6) is -0.869. The molecule has 10 nitrogen and oxygen atoms in total. The molecule has 2 heterocycles. The van der Waals surface area contributed by atoms with Gasteiger partial charge in [0.25, 0.3) is 5.91 Å². The summed E-state index contributed by atoms with van der Waals surface area (Å²) in [6, 6.07) is 13.9. The number of aryl methyl sites for hydroxylation is 1. The molecule has 10 heteroatoms. The second-order valence-electron chi connectivity index (χ2n) is 8.38. The highest BCUT2D eigenvalue weighted by Gasteiger charge is 2.46. The molecule has 1 saturated heterocycles. The standard InChI is InChI=1S/C24H27N3O7/c1-13-8-9-17-16(10-13)19(23(32)27(17)11-15-6-4-3-5-7-15)26-34-24-20(25-14(2)29)22(31)21(30)18(12-28)33-24/h3-10,18,20-22,24,28,30-31H,11-12H2,1-2H3,(H,25,29)/b26-19-/t18-,20+,21+,22+,24+/m1/s1. The Morgan fingerprint density at radius 1 is 1.18 bits per heavy atom. The van der Waals surface area contributed by atoms with E-state index in [4.69, 9.17) is 9.57 Å². The average Bonchev–Trinajstić information content (AvgIpc) is 3.07. The summed E-state index contributed by atoms with van der Waals surface area (Å²) >= 11 is 0. The number of nitrogens with zero attached hydrogens (tertiary/aromatic N) is 2. The van der Waals surface area contributed by atoms with Crippen molar-refractivity contribution >= 4 is 23.2 Å². The molecule has 0 bridgehead atoms. The molecule has 2 aromatic rings. The number of nitrogens with one attached hydrogen (secondary N) is 1. The van der Waals surface area contributed by atoms with Crippen LogP contribution in [0.4, 0.5) is 5.69 Å². The Balaban J connectivity index is 1.64. The van der Waals surface area contributed by atoms with Crippen molar-refractivity contribution in [2.24, 2.45) is 5.16 Å². The Bertz CT molecular complexity index is 1090. The van der Waals surface area contributed by atoms with Crippen LogP contribution >= 0.6 is 0 Å². The van der Waals surface area contributed by atoms with Crippen LogP contribution in [0, 0.1) is 6.92 Å². The third-order valence-corrected chi connectivity index (χ3v) is 5.83. The van der Waals surface area contributed by atoms with Gasteiger partial charge in [0.2, 0.25) is 12.2 Å². The number of rotatable bonds is 6. The molecule has 2 aliphatic rings. The Morgan fingerprint density at radius 3 is 2.59 bits per heavy atom. The predicted molar refractivity (Wildman–Crippen MR) is 122 cm³/mol. The van der Waals surface area contributed by atoms with Crippen molar-refractivity contribution in [1.29, 1.82) is 0 Å². The molecule has 4 N–H and O–H groups in total. The number of hydrogen-bond acceptors (Lipinski definition) is 8. The van der Waals surface area contributed by atoms with Gasteiger partial charge in [-0.15, -0.1) is 0 Å². The van der Waals surface area contributed by atoms with Crippen LogP contribution in [-0.2, 0) is 25.7 Å². The minimum atomic E-state index is -1.48. The highest BCUT2D eigenvalue weighted by atomic mass is 16.8. The van der Waals surface area contributed by atoms with Gasteiger partial charge in [-0.2, -0.15) is 0 Å². The molecule has 0 radical (unpaired) electrons. The molecule has 0 unspecified atom stereocenters. The Kier molecular flexibility index (Phi) is 6.94. The van der Waals surface area contributed by atoms with Gasteiger partial charge in [0.05, 0.1) is 18.8 Å². The topological polar surface area (TPSA) is 141 Å². The number of aliphatic hydroxyl groups excluding tert-OH is 3. The number of carbonyl (C=O) groups excluding carboxylic acids is 2. The quantitative estimate of drug-likeness (QED) is 0.443. The SMILES string of the molecule is CC(=O)N[C@@H]1[C@H](O/N=C2\C(=O)N(Cc3ccccc3)c3ccc(C)cc32)O[C@H](CO)[C@H](O)[C@H]1O. The fourth-order valence-corrected chi connectivity index (χ4v) is 4.10. The zero-order chi connectivity index (χ0) is 24.4. The highest BCUT2D eigenvalue weighted by Crippen LogP contribution is 2.32. The zero-order valence-electron chi connectivity index (χ0n) is 18.8. The van der Waals surface area contributed by atoms with Crippen LogP contribution in [0.1, 0.15) is 23.6 Å². The van der Waals surface area contributed by atoms with Crippen LogP contribution in [0.15, 0.2) is 53.7 Å². The maximum atomic E-state index is 13.3. The van der Waals surface area contributed by atoms with Crippen LogP contribution < -0.4 is 10.2 Å². The van der Waals surface area contributed by atoms with E-state index in [-0.39, 0.29) is 11.6 Å². The lowest BCUT2D eigenvalue weighted by atomic mass is 9.97. The van der Waals surface area contributed by atoms with E-state index in [0.717, 1.165) is 11.1 Å². The highest BCUT2D eigenvalue weighted by molar-refractivity contribution is 6.54. The van der Waals surface area contributed by atoms with Crippen molar-refractivity contribution in [3.8, 4) is 0 Å². The van der Waals surface area contributed by atoms with E-state index in [2.05, 4.69) is 10.5 Å². The van der Waals surface area contributed by atoms with Gasteiger partial charge in [-0.25, -0.2) is 0 Å². The lowest BCUT2D eigenvalue weighted by Gasteiger charge is -2.40. The van der Waals surface area contributed by atoms with E-state index in [1.165, 1.54) is 6.92 Å². The van der Waals surface area contributed by atoms with Crippen LogP contribution in [0.25, 0.3) is 0 Å². The first-order valence-corrected chi connectivity index (χ1v) is 10.9. The van der Waals surface area contributed by atoms with Crippen molar-refractivity contribution in [2.75, 3.05) is 11.5 Å². The van der Waals surface area contributed by atoms with Crippen LogP contribution in [-0.4, -0.2) is 70.1 Å². The molecule has 0 saturated carbocycles. The monoisotopic (exact) mass is 469 g/mol. The fraction of sp³-hybridized carbons (Fsp3) is 0.375. The zero-order valence-corrected chi connectivity index (χ0v) is 18.8. The van der Waals surface area contributed by atoms with Gasteiger partial charge in [-0.05, 0) is 24.6 Å². The van der Waals surface area contributed by atoms with Gasteiger partial charge >= 0.3 is 0 Å². The van der Waals surface area contributed by atoms with Crippen LogP contribution in [0.2, 0.25) is 0 Å². The van der Waals surface area contributed by atoms with E-state index in [1.54, 1.807) is 4.90 Å². The lowest BCUT2D eigenvalue weighted by molar-refractivity contribution is -0.270. The predicted octanol–water partition coefficient (Wildman–Crippen LogP) is 0.206. The second kappa shape index (κ2) is 9.90. The largest absolute Gasteiger partial charge is 0.394 e. The van der Waals surface area contributed by atoms with Crippen molar-refractivity contribution in [3.05, 3.63) is 65.2 Å². The molecule has 4 rings (SSSR count). The Morgan fingerprint density at radius 2 is 1.91 bits per heavy atom.